The molecule has 0 bridgehead atoms. The number of carbonyl (C=O) groups is 2. The minimum Gasteiger partial charge on any atom is -0.486 e. The predicted octanol–water partition coefficient (Wildman–Crippen LogP) is 2.55. The maximum atomic E-state index is 12.5. The van der Waals surface area contributed by atoms with Crippen molar-refractivity contribution in [3.8, 4) is 0 Å². The van der Waals surface area contributed by atoms with Gasteiger partial charge in [0.25, 0.3) is 0 Å². The molecule has 0 aromatic heterocycles. The summed E-state index contributed by atoms with van der Waals surface area (Å²) in [7, 11) is 2.46. The molecule has 0 saturated carbocycles. The molecule has 33 heavy (non-hydrogen) atoms. The van der Waals surface area contributed by atoms with E-state index >= 15 is 0 Å². The molecule has 0 spiro atoms. The van der Waals surface area contributed by atoms with E-state index in [1.165, 1.54) is 14.2 Å². The standard InChI is InChI=1S/C25H26O8/c1-28-24(26)19-21-23(33-22(19)25(27)29-2)20(31-14-17-11-7-4-8-12-17)18(32-21)15-30-13-16-9-5-3-6-10-16/h3-12,18,20,22-23H,13-15H2,1-2H3/t18-,20+,22+,23-/m1/s1. The molecule has 1 fully saturated rings. The van der Waals surface area contributed by atoms with Crippen molar-refractivity contribution >= 4 is 11.9 Å². The second-order valence-electron chi connectivity index (χ2n) is 7.65. The maximum Gasteiger partial charge on any atom is 0.340 e. The van der Waals surface area contributed by atoms with Crippen LogP contribution in [0.2, 0.25) is 0 Å². The average molecular weight is 454 g/mol. The molecule has 2 aliphatic rings. The molecule has 8 heteroatoms. The largest absolute Gasteiger partial charge is 0.486 e. The zero-order chi connectivity index (χ0) is 23.2. The van der Waals surface area contributed by atoms with Crippen molar-refractivity contribution in [2.75, 3.05) is 20.8 Å². The van der Waals surface area contributed by atoms with Crippen molar-refractivity contribution in [1.29, 1.82) is 0 Å². The lowest BCUT2D eigenvalue weighted by Gasteiger charge is -2.23. The Hall–Kier alpha value is -3.20. The highest BCUT2D eigenvalue weighted by Gasteiger charge is 2.55. The van der Waals surface area contributed by atoms with Gasteiger partial charge in [-0.1, -0.05) is 60.7 Å². The van der Waals surface area contributed by atoms with E-state index in [1.807, 2.05) is 60.7 Å². The van der Waals surface area contributed by atoms with Gasteiger partial charge < -0.3 is 28.4 Å². The van der Waals surface area contributed by atoms with Crippen LogP contribution in [0.5, 0.6) is 0 Å². The molecule has 2 aromatic carbocycles. The van der Waals surface area contributed by atoms with Crippen molar-refractivity contribution in [1.82, 2.24) is 0 Å². The topological polar surface area (TPSA) is 89.5 Å². The van der Waals surface area contributed by atoms with Crippen LogP contribution in [-0.4, -0.2) is 57.2 Å². The molecule has 2 aliphatic heterocycles. The normalized spacial score (nSPS) is 23.7. The first-order valence-electron chi connectivity index (χ1n) is 10.6. The van der Waals surface area contributed by atoms with E-state index in [4.69, 9.17) is 28.4 Å². The maximum absolute atomic E-state index is 12.5. The van der Waals surface area contributed by atoms with Crippen LogP contribution in [0, 0.1) is 0 Å². The molecule has 0 aliphatic carbocycles. The van der Waals surface area contributed by atoms with Gasteiger partial charge in [-0.05, 0) is 11.1 Å². The monoisotopic (exact) mass is 454 g/mol. The van der Waals surface area contributed by atoms with E-state index in [-0.39, 0.29) is 17.9 Å². The number of hydrogen-bond acceptors (Lipinski definition) is 8. The third-order valence-corrected chi connectivity index (χ3v) is 5.51. The highest BCUT2D eigenvalue weighted by Crippen LogP contribution is 2.40. The van der Waals surface area contributed by atoms with Crippen LogP contribution in [0.3, 0.4) is 0 Å². The van der Waals surface area contributed by atoms with Crippen molar-refractivity contribution in [2.24, 2.45) is 0 Å². The van der Waals surface area contributed by atoms with Gasteiger partial charge in [0.2, 0.25) is 0 Å². The molecular weight excluding hydrogens is 428 g/mol. The summed E-state index contributed by atoms with van der Waals surface area (Å²) in [6.45, 7) is 0.897. The zero-order valence-electron chi connectivity index (χ0n) is 18.5. The highest BCUT2D eigenvalue weighted by molar-refractivity contribution is 5.98. The quantitative estimate of drug-likeness (QED) is 0.534. The lowest BCUT2D eigenvalue weighted by Crippen LogP contribution is -2.39. The molecular formula is C25H26O8. The summed E-state index contributed by atoms with van der Waals surface area (Å²) in [6.07, 6.45) is -3.16. The van der Waals surface area contributed by atoms with Crippen LogP contribution in [0.1, 0.15) is 11.1 Å². The highest BCUT2D eigenvalue weighted by atomic mass is 16.6. The third-order valence-electron chi connectivity index (χ3n) is 5.51. The second kappa shape index (κ2) is 10.6. The summed E-state index contributed by atoms with van der Waals surface area (Å²) in [6, 6.07) is 19.4. The van der Waals surface area contributed by atoms with Crippen LogP contribution in [-0.2, 0) is 51.2 Å². The van der Waals surface area contributed by atoms with Crippen molar-refractivity contribution in [3.63, 3.8) is 0 Å². The zero-order valence-corrected chi connectivity index (χ0v) is 18.5. The minimum atomic E-state index is -1.24. The van der Waals surface area contributed by atoms with E-state index in [0.717, 1.165) is 11.1 Å². The molecule has 0 radical (unpaired) electrons. The smallest absolute Gasteiger partial charge is 0.340 e. The summed E-state index contributed by atoms with van der Waals surface area (Å²) < 4.78 is 33.7. The molecule has 0 unspecified atom stereocenters. The Morgan fingerprint density at radius 1 is 0.879 bits per heavy atom. The molecule has 0 N–H and O–H groups in total. The SMILES string of the molecule is COC(=O)C1=C2O[C@H](COCc3ccccc3)[C@H](OCc3ccccc3)[C@H]2O[C@@H]1C(=O)OC. The van der Waals surface area contributed by atoms with Gasteiger partial charge in [0.1, 0.15) is 23.5 Å². The number of carbonyl (C=O) groups excluding carboxylic acids is 2. The first kappa shape index (κ1) is 23.0. The average Bonchev–Trinajstić information content (AvgIpc) is 3.39. The van der Waals surface area contributed by atoms with Gasteiger partial charge in [0.05, 0.1) is 34.0 Å². The summed E-state index contributed by atoms with van der Waals surface area (Å²) in [5, 5.41) is 0. The van der Waals surface area contributed by atoms with Gasteiger partial charge in [-0.15, -0.1) is 0 Å². The summed E-state index contributed by atoms with van der Waals surface area (Å²) in [4.78, 5) is 24.7. The summed E-state index contributed by atoms with van der Waals surface area (Å²) in [5.41, 5.74) is 1.98. The van der Waals surface area contributed by atoms with Crippen molar-refractivity contribution in [2.45, 2.75) is 37.6 Å². The van der Waals surface area contributed by atoms with Crippen molar-refractivity contribution in [3.05, 3.63) is 83.1 Å². The van der Waals surface area contributed by atoms with Crippen LogP contribution in [0.4, 0.5) is 0 Å². The van der Waals surface area contributed by atoms with E-state index in [1.54, 1.807) is 0 Å². The van der Waals surface area contributed by atoms with Crippen molar-refractivity contribution < 1.29 is 38.0 Å². The fourth-order valence-corrected chi connectivity index (χ4v) is 3.90. The molecule has 4 rings (SSSR count). The molecule has 2 aromatic rings. The van der Waals surface area contributed by atoms with E-state index in [9.17, 15) is 9.59 Å². The number of fused-ring (bicyclic) bond motifs is 1. The first-order chi connectivity index (χ1) is 16.1. The lowest BCUT2D eigenvalue weighted by atomic mass is 10.1. The van der Waals surface area contributed by atoms with E-state index in [0.29, 0.717) is 13.2 Å². The fraction of sp³-hybridized carbons (Fsp3) is 0.360. The second-order valence-corrected chi connectivity index (χ2v) is 7.65. The summed E-state index contributed by atoms with van der Waals surface area (Å²) >= 11 is 0. The molecule has 8 nitrogen and oxygen atoms in total. The van der Waals surface area contributed by atoms with Gasteiger partial charge in [-0.3, -0.25) is 0 Å². The Morgan fingerprint density at radius 3 is 2.12 bits per heavy atom. The number of ether oxygens (including phenoxy) is 6. The molecule has 4 atom stereocenters. The Morgan fingerprint density at radius 2 is 1.52 bits per heavy atom. The number of benzene rings is 2. The van der Waals surface area contributed by atoms with E-state index in [2.05, 4.69) is 0 Å². The molecule has 174 valence electrons. The van der Waals surface area contributed by atoms with Gasteiger partial charge in [0.15, 0.2) is 12.2 Å². The number of hydrogen-bond donors (Lipinski definition) is 0. The Labute approximate surface area is 192 Å². The van der Waals surface area contributed by atoms with Crippen LogP contribution in [0.15, 0.2) is 72.0 Å². The van der Waals surface area contributed by atoms with Gasteiger partial charge in [-0.25, -0.2) is 9.59 Å². The Bertz CT molecular complexity index is 988. The number of rotatable bonds is 9. The van der Waals surface area contributed by atoms with Gasteiger partial charge in [-0.2, -0.15) is 0 Å². The van der Waals surface area contributed by atoms with Gasteiger partial charge in [0, 0.05) is 0 Å². The first-order valence-corrected chi connectivity index (χ1v) is 10.6. The van der Waals surface area contributed by atoms with Gasteiger partial charge >= 0.3 is 11.9 Å². The molecule has 0 amide bonds. The van der Waals surface area contributed by atoms with Crippen LogP contribution in [0.25, 0.3) is 0 Å². The molecule has 2 heterocycles. The predicted molar refractivity (Wildman–Crippen MR) is 116 cm³/mol. The lowest BCUT2D eigenvalue weighted by molar-refractivity contribution is -0.159. The number of esters is 2. The molecule has 1 saturated heterocycles. The van der Waals surface area contributed by atoms with Crippen LogP contribution < -0.4 is 0 Å². The summed E-state index contributed by atoms with van der Waals surface area (Å²) in [5.74, 6) is -1.20. The Balaban J connectivity index is 1.54. The number of methoxy groups -OCH3 is 2. The fourth-order valence-electron chi connectivity index (χ4n) is 3.90. The van der Waals surface area contributed by atoms with Crippen LogP contribution >= 0.6 is 0 Å². The third kappa shape index (κ3) is 5.08. The van der Waals surface area contributed by atoms with E-state index < -0.39 is 36.4 Å². The minimum absolute atomic E-state index is 0.00628. The Kier molecular flexibility index (Phi) is 7.39.